The van der Waals surface area contributed by atoms with Gasteiger partial charge in [0.1, 0.15) is 0 Å². The van der Waals surface area contributed by atoms with Gasteiger partial charge in [-0.3, -0.25) is 4.90 Å². The Morgan fingerprint density at radius 1 is 0.947 bits per heavy atom. The third-order valence-electron chi connectivity index (χ3n) is 5.97. The summed E-state index contributed by atoms with van der Waals surface area (Å²) in [5, 5.41) is 3.75. The number of hydrogen-bond donors (Lipinski definition) is 1. The van der Waals surface area contributed by atoms with Crippen molar-refractivity contribution in [3.05, 3.63) is 0 Å². The summed E-state index contributed by atoms with van der Waals surface area (Å²) in [4.78, 5) is 2.88. The van der Waals surface area contributed by atoms with Crippen molar-refractivity contribution in [3.63, 3.8) is 0 Å². The first kappa shape index (κ1) is 13.9. The summed E-state index contributed by atoms with van der Waals surface area (Å²) in [6, 6.07) is 1.76. The van der Waals surface area contributed by atoms with Gasteiger partial charge < -0.3 is 5.32 Å². The van der Waals surface area contributed by atoms with Gasteiger partial charge in [-0.15, -0.1) is 0 Å². The van der Waals surface area contributed by atoms with E-state index in [1.807, 2.05) is 0 Å². The Bertz CT molecular complexity index is 276. The Morgan fingerprint density at radius 3 is 2.63 bits per heavy atom. The van der Waals surface area contributed by atoms with Gasteiger partial charge in [0.2, 0.25) is 0 Å². The van der Waals surface area contributed by atoms with Crippen LogP contribution in [0.1, 0.15) is 64.7 Å². The second-order valence-electron chi connectivity index (χ2n) is 7.10. The fourth-order valence-electron chi connectivity index (χ4n) is 4.99. The zero-order valence-corrected chi connectivity index (χ0v) is 12.7. The van der Waals surface area contributed by atoms with E-state index in [2.05, 4.69) is 17.1 Å². The number of hydrogen-bond acceptors (Lipinski definition) is 2. The lowest BCUT2D eigenvalue weighted by Crippen LogP contribution is -2.46. The van der Waals surface area contributed by atoms with Gasteiger partial charge >= 0.3 is 0 Å². The van der Waals surface area contributed by atoms with Gasteiger partial charge in [-0.05, 0) is 57.0 Å². The summed E-state index contributed by atoms with van der Waals surface area (Å²) in [7, 11) is 0. The van der Waals surface area contributed by atoms with Gasteiger partial charge in [0, 0.05) is 18.6 Å². The minimum Gasteiger partial charge on any atom is -0.314 e. The zero-order valence-electron chi connectivity index (χ0n) is 12.7. The lowest BCUT2D eigenvalue weighted by molar-refractivity contribution is 0.128. The third-order valence-corrected chi connectivity index (χ3v) is 5.97. The number of likely N-dealkylation sites (tertiary alicyclic amines) is 1. The molecule has 110 valence electrons. The minimum atomic E-state index is 0.807. The monoisotopic (exact) mass is 264 g/mol. The van der Waals surface area contributed by atoms with Crippen LogP contribution in [0.25, 0.3) is 0 Å². The standard InChI is InChI=1S/C17H32N2/c1-2-18-16-9-5-3-8-15(16)13-19-12-11-14-7-4-6-10-17(14)19/h14-18H,2-13H2,1H3. The second kappa shape index (κ2) is 6.58. The summed E-state index contributed by atoms with van der Waals surface area (Å²) in [5.41, 5.74) is 0. The maximum Gasteiger partial charge on any atom is 0.0124 e. The van der Waals surface area contributed by atoms with Crippen LogP contribution in [0.5, 0.6) is 0 Å². The SMILES string of the molecule is CCNC1CCCCC1CN1CCC2CCCCC21. The molecule has 2 heteroatoms. The van der Waals surface area contributed by atoms with E-state index >= 15 is 0 Å². The first-order chi connectivity index (χ1) is 9.38. The average molecular weight is 264 g/mol. The number of fused-ring (bicyclic) bond motifs is 1. The Morgan fingerprint density at radius 2 is 1.74 bits per heavy atom. The normalized spacial score (nSPS) is 40.3. The van der Waals surface area contributed by atoms with Crippen LogP contribution in [0.3, 0.4) is 0 Å². The van der Waals surface area contributed by atoms with Gasteiger partial charge in [-0.25, -0.2) is 0 Å². The van der Waals surface area contributed by atoms with Crippen LogP contribution in [0.15, 0.2) is 0 Å². The summed E-state index contributed by atoms with van der Waals surface area (Å²) in [5.74, 6) is 1.98. The third kappa shape index (κ3) is 3.16. The lowest BCUT2D eigenvalue weighted by atomic mass is 9.82. The molecule has 1 aliphatic heterocycles. The Hall–Kier alpha value is -0.0800. The van der Waals surface area contributed by atoms with Crippen molar-refractivity contribution in [1.82, 2.24) is 10.2 Å². The summed E-state index contributed by atoms with van der Waals surface area (Å²) >= 11 is 0. The maximum absolute atomic E-state index is 3.75. The Labute approximate surface area is 119 Å². The highest BCUT2D eigenvalue weighted by molar-refractivity contribution is 4.92. The number of nitrogens with one attached hydrogen (secondary N) is 1. The average Bonchev–Trinajstić information content (AvgIpc) is 2.85. The van der Waals surface area contributed by atoms with Crippen molar-refractivity contribution in [3.8, 4) is 0 Å². The van der Waals surface area contributed by atoms with E-state index < -0.39 is 0 Å². The van der Waals surface area contributed by atoms with Crippen LogP contribution >= 0.6 is 0 Å². The fraction of sp³-hybridized carbons (Fsp3) is 1.00. The summed E-state index contributed by atoms with van der Waals surface area (Å²) in [6.45, 7) is 6.19. The topological polar surface area (TPSA) is 15.3 Å². The van der Waals surface area contributed by atoms with E-state index in [-0.39, 0.29) is 0 Å². The molecule has 3 fully saturated rings. The van der Waals surface area contributed by atoms with E-state index in [1.54, 1.807) is 0 Å². The Kier molecular flexibility index (Phi) is 4.81. The predicted octanol–water partition coefficient (Wildman–Crippen LogP) is 3.42. The highest BCUT2D eigenvalue weighted by Gasteiger charge is 2.37. The van der Waals surface area contributed by atoms with E-state index in [4.69, 9.17) is 0 Å². The van der Waals surface area contributed by atoms with Gasteiger partial charge in [0.05, 0.1) is 0 Å². The van der Waals surface area contributed by atoms with E-state index in [1.165, 1.54) is 70.9 Å². The molecule has 19 heavy (non-hydrogen) atoms. The smallest absolute Gasteiger partial charge is 0.0124 e. The molecular weight excluding hydrogens is 232 g/mol. The van der Waals surface area contributed by atoms with Crippen LogP contribution in [0.2, 0.25) is 0 Å². The molecule has 0 bridgehead atoms. The molecule has 2 aliphatic carbocycles. The lowest BCUT2D eigenvalue weighted by Gasteiger charge is -2.38. The van der Waals surface area contributed by atoms with Crippen molar-refractivity contribution in [1.29, 1.82) is 0 Å². The van der Waals surface area contributed by atoms with Crippen molar-refractivity contribution >= 4 is 0 Å². The molecular formula is C17H32N2. The first-order valence-electron chi connectivity index (χ1n) is 8.86. The van der Waals surface area contributed by atoms with E-state index in [0.29, 0.717) is 0 Å². The molecule has 4 atom stereocenters. The molecule has 1 heterocycles. The molecule has 3 aliphatic rings. The molecule has 0 aromatic carbocycles. The highest BCUT2D eigenvalue weighted by Crippen LogP contribution is 2.37. The van der Waals surface area contributed by atoms with Gasteiger partial charge in [0.15, 0.2) is 0 Å². The first-order valence-corrected chi connectivity index (χ1v) is 8.86. The van der Waals surface area contributed by atoms with Crippen LogP contribution < -0.4 is 5.32 Å². The van der Waals surface area contributed by atoms with Crippen LogP contribution in [0, 0.1) is 11.8 Å². The number of rotatable bonds is 4. The fourth-order valence-corrected chi connectivity index (χ4v) is 4.99. The van der Waals surface area contributed by atoms with Gasteiger partial charge in [-0.2, -0.15) is 0 Å². The number of nitrogens with zero attached hydrogens (tertiary/aromatic N) is 1. The molecule has 0 aromatic heterocycles. The minimum absolute atomic E-state index is 0.807. The van der Waals surface area contributed by atoms with Crippen molar-refractivity contribution in [2.24, 2.45) is 11.8 Å². The summed E-state index contributed by atoms with van der Waals surface area (Å²) < 4.78 is 0. The van der Waals surface area contributed by atoms with Crippen molar-refractivity contribution in [2.75, 3.05) is 19.6 Å². The van der Waals surface area contributed by atoms with Crippen LogP contribution in [0.4, 0.5) is 0 Å². The van der Waals surface area contributed by atoms with Crippen molar-refractivity contribution in [2.45, 2.75) is 76.8 Å². The van der Waals surface area contributed by atoms with E-state index in [0.717, 1.165) is 30.5 Å². The molecule has 1 N–H and O–H groups in total. The molecule has 3 rings (SSSR count). The highest BCUT2D eigenvalue weighted by atomic mass is 15.2. The molecule has 0 radical (unpaired) electrons. The summed E-state index contributed by atoms with van der Waals surface area (Å²) in [6.07, 6.45) is 13.3. The van der Waals surface area contributed by atoms with Gasteiger partial charge in [-0.1, -0.05) is 32.6 Å². The predicted molar refractivity (Wildman–Crippen MR) is 81.4 cm³/mol. The molecule has 0 aromatic rings. The molecule has 2 saturated carbocycles. The van der Waals surface area contributed by atoms with Crippen LogP contribution in [-0.2, 0) is 0 Å². The molecule has 4 unspecified atom stereocenters. The quantitative estimate of drug-likeness (QED) is 0.837. The van der Waals surface area contributed by atoms with Crippen molar-refractivity contribution < 1.29 is 0 Å². The van der Waals surface area contributed by atoms with Crippen LogP contribution in [-0.4, -0.2) is 36.6 Å². The molecule has 1 saturated heterocycles. The second-order valence-corrected chi connectivity index (χ2v) is 7.10. The molecule has 0 spiro atoms. The molecule has 0 amide bonds. The van der Waals surface area contributed by atoms with E-state index in [9.17, 15) is 0 Å². The largest absolute Gasteiger partial charge is 0.314 e. The molecule has 2 nitrogen and oxygen atoms in total. The maximum atomic E-state index is 3.75. The Balaban J connectivity index is 1.57. The van der Waals surface area contributed by atoms with Gasteiger partial charge in [0.25, 0.3) is 0 Å². The zero-order chi connectivity index (χ0) is 13.1.